The molecule has 0 aromatic carbocycles. The molecule has 0 aliphatic heterocycles. The molecule has 0 saturated heterocycles. The largest absolute Gasteiger partial charge is 0.465 e. The van der Waals surface area contributed by atoms with Crippen LogP contribution in [0, 0.1) is 5.92 Å². The number of hydrogen-bond donors (Lipinski definition) is 6. The summed E-state index contributed by atoms with van der Waals surface area (Å²) in [6.07, 6.45) is 0. The van der Waals surface area contributed by atoms with Gasteiger partial charge in [-0.1, -0.05) is 14.9 Å². The van der Waals surface area contributed by atoms with E-state index in [2.05, 4.69) is 33.1 Å². The third-order valence-electron chi connectivity index (χ3n) is 1.28. The van der Waals surface area contributed by atoms with Gasteiger partial charge in [-0.3, -0.25) is 9.59 Å². The molecule has 150 valence electrons. The third-order valence-corrected chi connectivity index (χ3v) is 1.28. The summed E-state index contributed by atoms with van der Waals surface area (Å²) >= 11 is 7.21. The van der Waals surface area contributed by atoms with Crippen molar-refractivity contribution in [2.75, 3.05) is 13.2 Å². The second-order valence-electron chi connectivity index (χ2n) is 3.25. The topological polar surface area (TPSA) is 174 Å². The second kappa shape index (κ2) is 17.8. The Morgan fingerprint density at radius 2 is 1.00 bits per heavy atom. The molecular weight excluding hydrogens is 406 g/mol. The average molecular weight is 434 g/mol. The van der Waals surface area contributed by atoms with Crippen LogP contribution in [0.4, 0.5) is 0 Å². The minimum absolute atomic E-state index is 0. The van der Waals surface area contributed by atoms with Crippen molar-refractivity contribution in [1.82, 2.24) is 0 Å². The fourth-order valence-electron chi connectivity index (χ4n) is 0.631. The molecule has 0 rings (SSSR count). The molecule has 0 aromatic heterocycles. The Hall–Kier alpha value is -0.000000000000000305. The zero-order valence-electron chi connectivity index (χ0n) is 12.0. The molecule has 0 aromatic rings. The Bertz CT molecular complexity index is 365. The monoisotopic (exact) mass is 434 g/mol. The summed E-state index contributed by atoms with van der Waals surface area (Å²) in [7, 11) is 0. The van der Waals surface area contributed by atoms with Gasteiger partial charge in [0.2, 0.25) is 0 Å². The molecule has 0 atom stereocenters. The Morgan fingerprint density at radius 3 is 1.12 bits per heavy atom. The molecule has 0 saturated carbocycles. The van der Waals surface area contributed by atoms with E-state index >= 15 is 0 Å². The van der Waals surface area contributed by atoms with Gasteiger partial charge in [0, 0.05) is 0 Å². The van der Waals surface area contributed by atoms with Gasteiger partial charge in [-0.05, 0) is 44.4 Å². The van der Waals surface area contributed by atoms with Crippen LogP contribution < -0.4 is 0 Å². The van der Waals surface area contributed by atoms with Crippen molar-refractivity contribution in [3.05, 3.63) is 0 Å². The van der Waals surface area contributed by atoms with E-state index in [1.54, 1.807) is 13.8 Å². The van der Waals surface area contributed by atoms with E-state index in [1.807, 2.05) is 0 Å². The van der Waals surface area contributed by atoms with Crippen LogP contribution in [-0.4, -0.2) is 54.5 Å². The van der Waals surface area contributed by atoms with Crippen LogP contribution in [0.3, 0.4) is 0 Å². The SMILES string of the molecule is C.C.CCOC(=O)C(C)C(=O)OCC.OP(O)(O)=S.OP(O)(O)=S. The lowest BCUT2D eigenvalue weighted by molar-refractivity contribution is -0.160. The molecular formula is C10H28O10P2S2. The fourth-order valence-corrected chi connectivity index (χ4v) is 0.631. The van der Waals surface area contributed by atoms with Gasteiger partial charge in [0.1, 0.15) is 0 Å². The van der Waals surface area contributed by atoms with Crippen LogP contribution in [0.2, 0.25) is 0 Å². The van der Waals surface area contributed by atoms with Crippen molar-refractivity contribution in [2.45, 2.75) is 35.6 Å². The van der Waals surface area contributed by atoms with E-state index in [9.17, 15) is 9.59 Å². The van der Waals surface area contributed by atoms with Crippen LogP contribution in [0.1, 0.15) is 35.6 Å². The first-order valence-electron chi connectivity index (χ1n) is 5.53. The van der Waals surface area contributed by atoms with Crippen molar-refractivity contribution in [3.8, 4) is 0 Å². The highest BCUT2D eigenvalue weighted by Crippen LogP contribution is 2.26. The quantitative estimate of drug-likeness (QED) is 0.204. The summed E-state index contributed by atoms with van der Waals surface area (Å²) < 4.78 is 9.26. The summed E-state index contributed by atoms with van der Waals surface area (Å²) in [5, 5.41) is 0. The van der Waals surface area contributed by atoms with Gasteiger partial charge in [0.05, 0.1) is 13.2 Å². The standard InChI is InChI=1S/C8H14O4.2CH4.2H3O3PS/c1-4-11-7(9)6(3)8(10)12-5-2;;;2*1-4(2,3)5/h6H,4-5H2,1-3H3;2*1H4;2*(H3,1,2,3,5). The minimum Gasteiger partial charge on any atom is -0.465 e. The summed E-state index contributed by atoms with van der Waals surface area (Å²) in [5.74, 6) is -1.88. The lowest BCUT2D eigenvalue weighted by Crippen LogP contribution is -2.25. The smallest absolute Gasteiger partial charge is 0.320 e. The van der Waals surface area contributed by atoms with Crippen molar-refractivity contribution in [3.63, 3.8) is 0 Å². The molecule has 0 radical (unpaired) electrons. The molecule has 0 aliphatic carbocycles. The van der Waals surface area contributed by atoms with E-state index in [-0.39, 0.29) is 28.1 Å². The first kappa shape index (κ1) is 35.2. The summed E-state index contributed by atoms with van der Waals surface area (Å²) in [6.45, 7) is -2.20. The van der Waals surface area contributed by atoms with Crippen molar-refractivity contribution in [1.29, 1.82) is 0 Å². The van der Waals surface area contributed by atoms with Gasteiger partial charge < -0.3 is 38.8 Å². The predicted molar refractivity (Wildman–Crippen MR) is 97.8 cm³/mol. The van der Waals surface area contributed by atoms with Gasteiger partial charge in [-0.2, -0.15) is 0 Å². The highest BCUT2D eigenvalue weighted by atomic mass is 32.5. The van der Waals surface area contributed by atoms with Gasteiger partial charge in [-0.25, -0.2) is 0 Å². The maximum Gasteiger partial charge on any atom is 0.320 e. The van der Waals surface area contributed by atoms with Gasteiger partial charge in [0.15, 0.2) is 5.92 Å². The number of carbonyl (C=O) groups excluding carboxylic acids is 2. The van der Waals surface area contributed by atoms with E-state index in [1.165, 1.54) is 6.92 Å². The summed E-state index contributed by atoms with van der Waals surface area (Å²) in [6, 6.07) is 0. The van der Waals surface area contributed by atoms with Crippen LogP contribution in [0.25, 0.3) is 0 Å². The number of ether oxygens (including phenoxy) is 2. The highest BCUT2D eigenvalue weighted by Gasteiger charge is 2.23. The van der Waals surface area contributed by atoms with E-state index in [4.69, 9.17) is 29.4 Å². The predicted octanol–water partition coefficient (Wildman–Crippen LogP) is 0.396. The Labute approximate surface area is 152 Å². The highest BCUT2D eigenvalue weighted by molar-refractivity contribution is 8.06. The van der Waals surface area contributed by atoms with E-state index in [0.717, 1.165) is 0 Å². The van der Waals surface area contributed by atoms with Crippen molar-refractivity contribution >= 4 is 49.0 Å². The lowest BCUT2D eigenvalue weighted by Gasteiger charge is -2.08. The summed E-state index contributed by atoms with van der Waals surface area (Å²) in [4.78, 5) is 67.2. The van der Waals surface area contributed by atoms with Crippen molar-refractivity contribution < 1.29 is 48.4 Å². The van der Waals surface area contributed by atoms with Crippen LogP contribution in [0.15, 0.2) is 0 Å². The normalized spacial score (nSPS) is 9.75. The molecule has 10 nitrogen and oxygen atoms in total. The molecule has 0 aliphatic rings. The molecule has 0 amide bonds. The van der Waals surface area contributed by atoms with E-state index in [0.29, 0.717) is 0 Å². The Balaban J connectivity index is -0.0000000847. The number of esters is 2. The Morgan fingerprint density at radius 1 is 0.833 bits per heavy atom. The number of rotatable bonds is 4. The van der Waals surface area contributed by atoms with Crippen LogP contribution >= 0.6 is 13.4 Å². The molecule has 0 unspecified atom stereocenters. The first-order valence-corrected chi connectivity index (χ1v) is 10.8. The maximum absolute atomic E-state index is 10.9. The van der Waals surface area contributed by atoms with Crippen LogP contribution in [-0.2, 0) is 42.7 Å². The molecule has 0 fully saturated rings. The number of hydrogen-bond acceptors (Lipinski definition) is 6. The average Bonchev–Trinajstić information content (AvgIpc) is 2.24. The zero-order chi connectivity index (χ0) is 18.6. The zero-order valence-corrected chi connectivity index (χ0v) is 15.4. The van der Waals surface area contributed by atoms with E-state index < -0.39 is 31.3 Å². The molecule has 24 heavy (non-hydrogen) atoms. The lowest BCUT2D eigenvalue weighted by atomic mass is 10.2. The maximum atomic E-state index is 10.9. The summed E-state index contributed by atoms with van der Waals surface area (Å²) in [5.41, 5.74) is 0. The fraction of sp³-hybridized carbons (Fsp3) is 0.800. The second-order valence-corrected chi connectivity index (χ2v) is 8.24. The Kier molecular flexibility index (Phi) is 26.1. The molecule has 6 N–H and O–H groups in total. The van der Waals surface area contributed by atoms with Crippen LogP contribution in [0.5, 0.6) is 0 Å². The van der Waals surface area contributed by atoms with Gasteiger partial charge >= 0.3 is 25.4 Å². The van der Waals surface area contributed by atoms with Gasteiger partial charge in [-0.15, -0.1) is 0 Å². The number of carbonyl (C=O) groups is 2. The molecule has 0 bridgehead atoms. The van der Waals surface area contributed by atoms with Crippen molar-refractivity contribution in [2.24, 2.45) is 5.92 Å². The first-order chi connectivity index (χ1) is 9.63. The molecule has 0 heterocycles. The molecule has 14 heteroatoms. The van der Waals surface area contributed by atoms with Gasteiger partial charge in [0.25, 0.3) is 0 Å². The molecule has 0 spiro atoms. The third kappa shape index (κ3) is 49.5. The minimum atomic E-state index is -3.81.